The molecule has 2 heterocycles. The molecule has 134 valence electrons. The lowest BCUT2D eigenvalue weighted by atomic mass is 9.93. The maximum absolute atomic E-state index is 12.5. The van der Waals surface area contributed by atoms with Crippen LogP contribution in [0.3, 0.4) is 0 Å². The first kappa shape index (κ1) is 16.5. The zero-order chi connectivity index (χ0) is 17.2. The highest BCUT2D eigenvalue weighted by molar-refractivity contribution is 5.98. The first-order valence-electron chi connectivity index (χ1n) is 9.37. The molecule has 1 saturated heterocycles. The van der Waals surface area contributed by atoms with E-state index in [2.05, 4.69) is 16.3 Å². The van der Waals surface area contributed by atoms with Crippen LogP contribution in [0.15, 0.2) is 22.6 Å². The molecular weight excluding hydrogens is 316 g/mol. The van der Waals surface area contributed by atoms with E-state index >= 15 is 0 Å². The van der Waals surface area contributed by atoms with Gasteiger partial charge < -0.3 is 14.5 Å². The Morgan fingerprint density at radius 2 is 2.04 bits per heavy atom. The summed E-state index contributed by atoms with van der Waals surface area (Å²) in [6.07, 6.45) is 7.18. The minimum atomic E-state index is -0.119. The molecule has 1 N–H and O–H groups in total. The number of amides is 1. The molecule has 2 fully saturated rings. The van der Waals surface area contributed by atoms with Crippen LogP contribution in [0.25, 0.3) is 11.0 Å². The molecule has 0 bridgehead atoms. The normalized spacial score (nSPS) is 18.9. The summed E-state index contributed by atoms with van der Waals surface area (Å²) in [5.41, 5.74) is 1.87. The van der Waals surface area contributed by atoms with Crippen molar-refractivity contribution >= 4 is 16.9 Å². The monoisotopic (exact) mass is 342 g/mol. The number of piperidine rings is 1. The third kappa shape index (κ3) is 3.38. The van der Waals surface area contributed by atoms with Gasteiger partial charge in [-0.25, -0.2) is 0 Å². The fourth-order valence-corrected chi connectivity index (χ4v) is 3.73. The molecule has 25 heavy (non-hydrogen) atoms. The van der Waals surface area contributed by atoms with Gasteiger partial charge in [0.2, 0.25) is 0 Å². The van der Waals surface area contributed by atoms with Crippen LogP contribution in [0.1, 0.15) is 54.6 Å². The van der Waals surface area contributed by atoms with Gasteiger partial charge in [-0.1, -0.05) is 12.5 Å². The summed E-state index contributed by atoms with van der Waals surface area (Å²) in [7, 11) is 1.63. The first-order chi connectivity index (χ1) is 12.2. The third-order valence-corrected chi connectivity index (χ3v) is 5.46. The van der Waals surface area contributed by atoms with E-state index in [0.717, 1.165) is 37.9 Å². The summed E-state index contributed by atoms with van der Waals surface area (Å²) in [4.78, 5) is 14.9. The fraction of sp³-hybridized carbons (Fsp3) is 0.550. The van der Waals surface area contributed by atoms with Crippen molar-refractivity contribution in [1.82, 2.24) is 10.2 Å². The Kier molecular flexibility index (Phi) is 4.66. The van der Waals surface area contributed by atoms with Crippen molar-refractivity contribution in [2.45, 2.75) is 51.1 Å². The third-order valence-electron chi connectivity index (χ3n) is 5.46. The van der Waals surface area contributed by atoms with Crippen LogP contribution in [0.2, 0.25) is 0 Å². The summed E-state index contributed by atoms with van der Waals surface area (Å²) in [5, 5.41) is 4.04. The van der Waals surface area contributed by atoms with Crippen molar-refractivity contribution in [3.63, 3.8) is 0 Å². The number of carbonyl (C=O) groups is 1. The molecule has 1 saturated carbocycles. The lowest BCUT2D eigenvalue weighted by molar-refractivity contribution is 0.0890. The number of furan rings is 1. The number of hydrogen-bond acceptors (Lipinski definition) is 4. The van der Waals surface area contributed by atoms with Crippen LogP contribution in [0.5, 0.6) is 5.75 Å². The lowest BCUT2D eigenvalue weighted by Crippen LogP contribution is -2.39. The number of nitrogens with one attached hydrogen (secondary N) is 1. The maximum atomic E-state index is 12.5. The SMILES string of the molecule is COc1ccc(CN2CCCCC2)c2cc(C(=O)NC3CCC3)oc12. The predicted molar refractivity (Wildman–Crippen MR) is 97.0 cm³/mol. The molecule has 0 radical (unpaired) electrons. The highest BCUT2D eigenvalue weighted by Gasteiger charge is 2.23. The lowest BCUT2D eigenvalue weighted by Gasteiger charge is -2.26. The van der Waals surface area contributed by atoms with Crippen LogP contribution in [0, 0.1) is 0 Å². The van der Waals surface area contributed by atoms with Gasteiger partial charge in [-0.05, 0) is 62.9 Å². The van der Waals surface area contributed by atoms with Crippen LogP contribution in [-0.2, 0) is 6.54 Å². The average Bonchev–Trinajstić information content (AvgIpc) is 3.05. The van der Waals surface area contributed by atoms with Crippen LogP contribution >= 0.6 is 0 Å². The summed E-state index contributed by atoms with van der Waals surface area (Å²) in [6, 6.07) is 6.22. The van der Waals surface area contributed by atoms with Gasteiger partial charge in [0.05, 0.1) is 7.11 Å². The fourth-order valence-electron chi connectivity index (χ4n) is 3.73. The second-order valence-corrected chi connectivity index (χ2v) is 7.22. The Morgan fingerprint density at radius 3 is 2.72 bits per heavy atom. The van der Waals surface area contributed by atoms with E-state index in [0.29, 0.717) is 23.1 Å². The van der Waals surface area contributed by atoms with Crippen molar-refractivity contribution in [2.75, 3.05) is 20.2 Å². The quantitative estimate of drug-likeness (QED) is 0.900. The van der Waals surface area contributed by atoms with E-state index in [1.165, 1.54) is 31.2 Å². The van der Waals surface area contributed by atoms with Gasteiger partial charge in [0.1, 0.15) is 0 Å². The molecule has 0 unspecified atom stereocenters. The molecule has 0 atom stereocenters. The first-order valence-corrected chi connectivity index (χ1v) is 9.37. The van der Waals surface area contributed by atoms with Gasteiger partial charge in [0.15, 0.2) is 17.1 Å². The number of carbonyl (C=O) groups excluding carboxylic acids is 1. The van der Waals surface area contributed by atoms with Crippen molar-refractivity contribution in [2.24, 2.45) is 0 Å². The number of hydrogen-bond donors (Lipinski definition) is 1. The summed E-state index contributed by atoms with van der Waals surface area (Å²) >= 11 is 0. The second-order valence-electron chi connectivity index (χ2n) is 7.22. The van der Waals surface area contributed by atoms with Gasteiger partial charge in [0.25, 0.3) is 5.91 Å². The molecule has 5 nitrogen and oxygen atoms in total. The molecule has 1 aliphatic heterocycles. The van der Waals surface area contributed by atoms with Gasteiger partial charge in [-0.15, -0.1) is 0 Å². The molecule has 1 aromatic carbocycles. The second kappa shape index (κ2) is 7.08. The van der Waals surface area contributed by atoms with Crippen LogP contribution < -0.4 is 10.1 Å². The zero-order valence-electron chi connectivity index (χ0n) is 14.8. The molecule has 2 aromatic rings. The van der Waals surface area contributed by atoms with Crippen molar-refractivity contribution < 1.29 is 13.9 Å². The molecule has 0 spiro atoms. The molecule has 5 heteroatoms. The van der Waals surface area contributed by atoms with E-state index in [4.69, 9.17) is 9.15 Å². The Hall–Kier alpha value is -2.01. The standard InChI is InChI=1S/C20H26N2O3/c1-24-17-9-8-14(13-22-10-3-2-4-11-22)16-12-18(25-19(16)17)20(23)21-15-6-5-7-15/h8-9,12,15H,2-7,10-11,13H2,1H3,(H,21,23). The number of likely N-dealkylation sites (tertiary alicyclic amines) is 1. The van der Waals surface area contributed by atoms with Gasteiger partial charge in [-0.2, -0.15) is 0 Å². The minimum Gasteiger partial charge on any atom is -0.493 e. The molecular formula is C20H26N2O3. The largest absolute Gasteiger partial charge is 0.493 e. The maximum Gasteiger partial charge on any atom is 0.287 e. The molecule has 4 rings (SSSR count). The van der Waals surface area contributed by atoms with E-state index in [1.54, 1.807) is 7.11 Å². The van der Waals surface area contributed by atoms with Gasteiger partial charge >= 0.3 is 0 Å². The summed E-state index contributed by atoms with van der Waals surface area (Å²) in [6.45, 7) is 3.17. The van der Waals surface area contributed by atoms with E-state index in [1.807, 2.05) is 12.1 Å². The molecule has 1 aromatic heterocycles. The van der Waals surface area contributed by atoms with E-state index in [9.17, 15) is 4.79 Å². The molecule has 2 aliphatic rings. The highest BCUT2D eigenvalue weighted by Crippen LogP contribution is 2.33. The van der Waals surface area contributed by atoms with Crippen molar-refractivity contribution in [1.29, 1.82) is 0 Å². The van der Waals surface area contributed by atoms with Gasteiger partial charge in [0, 0.05) is 18.0 Å². The topological polar surface area (TPSA) is 54.7 Å². The number of methoxy groups -OCH3 is 1. The minimum absolute atomic E-state index is 0.119. The van der Waals surface area contributed by atoms with Crippen molar-refractivity contribution in [3.8, 4) is 5.75 Å². The summed E-state index contributed by atoms with van der Waals surface area (Å²) in [5.74, 6) is 0.943. The molecule has 1 aliphatic carbocycles. The van der Waals surface area contributed by atoms with Crippen LogP contribution in [0.4, 0.5) is 0 Å². The Bertz CT molecular complexity index is 758. The zero-order valence-corrected chi connectivity index (χ0v) is 14.8. The van der Waals surface area contributed by atoms with E-state index < -0.39 is 0 Å². The Labute approximate surface area is 148 Å². The average molecular weight is 342 g/mol. The number of ether oxygens (including phenoxy) is 1. The van der Waals surface area contributed by atoms with Crippen molar-refractivity contribution in [3.05, 3.63) is 29.5 Å². The predicted octanol–water partition coefficient (Wildman–Crippen LogP) is 3.71. The van der Waals surface area contributed by atoms with Crippen LogP contribution in [-0.4, -0.2) is 37.0 Å². The number of fused-ring (bicyclic) bond motifs is 1. The smallest absolute Gasteiger partial charge is 0.287 e. The molecule has 1 amide bonds. The Morgan fingerprint density at radius 1 is 1.24 bits per heavy atom. The number of nitrogens with zero attached hydrogens (tertiary/aromatic N) is 1. The van der Waals surface area contributed by atoms with E-state index in [-0.39, 0.29) is 5.91 Å². The van der Waals surface area contributed by atoms with Gasteiger partial charge in [-0.3, -0.25) is 9.69 Å². The Balaban J connectivity index is 1.62. The number of benzene rings is 1. The number of rotatable bonds is 5. The summed E-state index contributed by atoms with van der Waals surface area (Å²) < 4.78 is 11.3. The highest BCUT2D eigenvalue weighted by atomic mass is 16.5.